The highest BCUT2D eigenvalue weighted by atomic mass is 35.5. The van der Waals surface area contributed by atoms with E-state index in [4.69, 9.17) is 28.5 Å². The zero-order valence-corrected chi connectivity index (χ0v) is 10.8. The molecular formula is C13H15ClN2O2. The minimum absolute atomic E-state index is 0.101. The van der Waals surface area contributed by atoms with Crippen LogP contribution in [0.1, 0.15) is 18.5 Å². The summed E-state index contributed by atoms with van der Waals surface area (Å²) in [5.74, 6) is 2.45. The molecule has 1 atom stereocenters. The molecule has 0 fully saturated rings. The van der Waals surface area contributed by atoms with Gasteiger partial charge in [-0.1, -0.05) is 23.6 Å². The van der Waals surface area contributed by atoms with Crippen LogP contribution in [0, 0.1) is 12.3 Å². The Morgan fingerprint density at radius 2 is 2.39 bits per heavy atom. The molecule has 3 N–H and O–H groups in total. The Hall–Kier alpha value is -1.70. The van der Waals surface area contributed by atoms with Crippen LogP contribution in [-0.4, -0.2) is 19.1 Å². The van der Waals surface area contributed by atoms with Crippen molar-refractivity contribution in [3.63, 3.8) is 0 Å². The van der Waals surface area contributed by atoms with E-state index in [-0.39, 0.29) is 25.1 Å². The van der Waals surface area contributed by atoms with Crippen LogP contribution in [0.4, 0.5) is 0 Å². The highest BCUT2D eigenvalue weighted by Crippen LogP contribution is 2.27. The Kier molecular flexibility index (Phi) is 5.50. The van der Waals surface area contributed by atoms with Crippen molar-refractivity contribution in [2.24, 2.45) is 5.73 Å². The Bertz CT molecular complexity index is 467. The minimum Gasteiger partial charge on any atom is -0.482 e. The van der Waals surface area contributed by atoms with E-state index >= 15 is 0 Å². The van der Waals surface area contributed by atoms with Gasteiger partial charge in [-0.05, 0) is 24.6 Å². The molecule has 0 aliphatic carbocycles. The van der Waals surface area contributed by atoms with Gasteiger partial charge in [0.15, 0.2) is 6.61 Å². The molecule has 0 unspecified atom stereocenters. The zero-order chi connectivity index (χ0) is 13.5. The summed E-state index contributed by atoms with van der Waals surface area (Å²) < 4.78 is 5.28. The lowest BCUT2D eigenvalue weighted by Crippen LogP contribution is -2.29. The van der Waals surface area contributed by atoms with Gasteiger partial charge < -0.3 is 15.8 Å². The molecule has 0 heterocycles. The molecule has 0 saturated carbocycles. The molecule has 0 saturated heterocycles. The smallest absolute Gasteiger partial charge is 0.258 e. The van der Waals surface area contributed by atoms with Gasteiger partial charge in [-0.15, -0.1) is 6.42 Å². The number of amides is 1. The molecule has 0 spiro atoms. The number of benzene rings is 1. The maximum atomic E-state index is 11.3. The van der Waals surface area contributed by atoms with E-state index in [0.717, 1.165) is 5.56 Å². The molecule has 0 aromatic heterocycles. The first-order chi connectivity index (χ1) is 8.54. The van der Waals surface area contributed by atoms with Crippen LogP contribution in [0.5, 0.6) is 5.75 Å². The predicted octanol–water partition coefficient (Wildman–Crippen LogP) is 1.49. The first kappa shape index (κ1) is 14.4. The molecule has 0 aliphatic rings. The zero-order valence-electron chi connectivity index (χ0n) is 10.1. The molecule has 0 radical (unpaired) electrons. The van der Waals surface area contributed by atoms with Gasteiger partial charge >= 0.3 is 0 Å². The van der Waals surface area contributed by atoms with Gasteiger partial charge in [-0.25, -0.2) is 0 Å². The Morgan fingerprint density at radius 3 is 2.94 bits per heavy atom. The minimum atomic E-state index is -0.291. The van der Waals surface area contributed by atoms with Crippen LogP contribution in [-0.2, 0) is 4.79 Å². The fourth-order valence-electron chi connectivity index (χ4n) is 1.26. The summed E-state index contributed by atoms with van der Waals surface area (Å²) in [6.07, 6.45) is 5.01. The summed E-state index contributed by atoms with van der Waals surface area (Å²) in [4.78, 5) is 11.3. The SMILES string of the molecule is C#CCNC(=O)COc1ccc([C@H](C)N)cc1Cl. The van der Waals surface area contributed by atoms with Gasteiger partial charge in [-0.2, -0.15) is 0 Å². The Balaban J connectivity index is 2.58. The molecule has 4 nitrogen and oxygen atoms in total. The number of rotatable bonds is 5. The van der Waals surface area contributed by atoms with Crippen LogP contribution < -0.4 is 15.8 Å². The summed E-state index contributed by atoms with van der Waals surface area (Å²) in [6, 6.07) is 5.12. The molecule has 1 rings (SSSR count). The molecule has 1 aromatic rings. The van der Waals surface area contributed by atoms with E-state index in [1.54, 1.807) is 12.1 Å². The van der Waals surface area contributed by atoms with Crippen LogP contribution in [0.25, 0.3) is 0 Å². The lowest BCUT2D eigenvalue weighted by atomic mass is 10.1. The number of carbonyl (C=O) groups is 1. The fourth-order valence-corrected chi connectivity index (χ4v) is 1.50. The maximum absolute atomic E-state index is 11.3. The molecule has 18 heavy (non-hydrogen) atoms. The van der Waals surface area contributed by atoms with E-state index < -0.39 is 0 Å². The summed E-state index contributed by atoms with van der Waals surface area (Å²) in [5.41, 5.74) is 6.63. The van der Waals surface area contributed by atoms with Crippen LogP contribution in [0.15, 0.2) is 18.2 Å². The lowest BCUT2D eigenvalue weighted by Gasteiger charge is -2.10. The van der Waals surface area contributed by atoms with E-state index in [1.807, 2.05) is 13.0 Å². The van der Waals surface area contributed by atoms with Crippen molar-refractivity contribution in [1.82, 2.24) is 5.32 Å². The molecule has 5 heteroatoms. The number of hydrogen-bond acceptors (Lipinski definition) is 3. The van der Waals surface area contributed by atoms with E-state index in [9.17, 15) is 4.79 Å². The maximum Gasteiger partial charge on any atom is 0.258 e. The van der Waals surface area contributed by atoms with Gasteiger partial charge in [-0.3, -0.25) is 4.79 Å². The molecule has 0 bridgehead atoms. The molecule has 1 aromatic carbocycles. The second kappa shape index (κ2) is 6.90. The van der Waals surface area contributed by atoms with Crippen molar-refractivity contribution in [2.75, 3.05) is 13.2 Å². The third-order valence-corrected chi connectivity index (χ3v) is 2.52. The average Bonchev–Trinajstić information content (AvgIpc) is 2.34. The number of hydrogen-bond donors (Lipinski definition) is 2. The largest absolute Gasteiger partial charge is 0.482 e. The second-order valence-electron chi connectivity index (χ2n) is 3.75. The normalized spacial score (nSPS) is 11.4. The van der Waals surface area contributed by atoms with Crippen LogP contribution in [0.3, 0.4) is 0 Å². The van der Waals surface area contributed by atoms with Crippen LogP contribution >= 0.6 is 11.6 Å². The first-order valence-corrected chi connectivity index (χ1v) is 5.80. The highest BCUT2D eigenvalue weighted by Gasteiger charge is 2.07. The number of carbonyl (C=O) groups excluding carboxylic acids is 1. The van der Waals surface area contributed by atoms with E-state index in [1.165, 1.54) is 0 Å². The van der Waals surface area contributed by atoms with Gasteiger partial charge in [0.05, 0.1) is 11.6 Å². The van der Waals surface area contributed by atoms with Gasteiger partial charge in [0.25, 0.3) is 5.91 Å². The lowest BCUT2D eigenvalue weighted by molar-refractivity contribution is -0.122. The summed E-state index contributed by atoms with van der Waals surface area (Å²) in [7, 11) is 0. The Labute approximate surface area is 111 Å². The predicted molar refractivity (Wildman–Crippen MR) is 71.4 cm³/mol. The molecular weight excluding hydrogens is 252 g/mol. The number of terminal acetylenes is 1. The molecule has 96 valence electrons. The van der Waals surface area contributed by atoms with Crippen molar-refractivity contribution >= 4 is 17.5 Å². The number of nitrogens with two attached hydrogens (primary N) is 1. The van der Waals surface area contributed by atoms with Crippen molar-refractivity contribution in [3.8, 4) is 18.1 Å². The standard InChI is InChI=1S/C13H15ClN2O2/c1-3-6-16-13(17)8-18-12-5-4-10(9(2)15)7-11(12)14/h1,4-5,7,9H,6,8,15H2,2H3,(H,16,17)/t9-/m0/s1. The van der Waals surface area contributed by atoms with Gasteiger partial charge in [0.2, 0.25) is 0 Å². The number of nitrogens with one attached hydrogen (secondary N) is 1. The third-order valence-electron chi connectivity index (χ3n) is 2.23. The highest BCUT2D eigenvalue weighted by molar-refractivity contribution is 6.32. The topological polar surface area (TPSA) is 64.3 Å². The van der Waals surface area contributed by atoms with Crippen LogP contribution in [0.2, 0.25) is 5.02 Å². The van der Waals surface area contributed by atoms with E-state index in [0.29, 0.717) is 10.8 Å². The number of ether oxygens (including phenoxy) is 1. The second-order valence-corrected chi connectivity index (χ2v) is 4.16. The van der Waals surface area contributed by atoms with E-state index in [2.05, 4.69) is 11.2 Å². The Morgan fingerprint density at radius 1 is 1.67 bits per heavy atom. The number of halogens is 1. The summed E-state index contributed by atoms with van der Waals surface area (Å²) in [6.45, 7) is 1.91. The summed E-state index contributed by atoms with van der Waals surface area (Å²) >= 11 is 6.02. The van der Waals surface area contributed by atoms with Gasteiger partial charge in [0.1, 0.15) is 5.75 Å². The quantitative estimate of drug-likeness (QED) is 0.794. The third kappa shape index (κ3) is 4.28. The van der Waals surface area contributed by atoms with Crippen molar-refractivity contribution in [3.05, 3.63) is 28.8 Å². The average molecular weight is 267 g/mol. The first-order valence-electron chi connectivity index (χ1n) is 5.42. The van der Waals surface area contributed by atoms with Gasteiger partial charge in [0, 0.05) is 6.04 Å². The fraction of sp³-hybridized carbons (Fsp3) is 0.308. The van der Waals surface area contributed by atoms with Crippen molar-refractivity contribution in [2.45, 2.75) is 13.0 Å². The summed E-state index contributed by atoms with van der Waals surface area (Å²) in [5, 5.41) is 2.91. The van der Waals surface area contributed by atoms with Crippen molar-refractivity contribution in [1.29, 1.82) is 0 Å². The van der Waals surface area contributed by atoms with Crippen molar-refractivity contribution < 1.29 is 9.53 Å². The monoisotopic (exact) mass is 266 g/mol. The molecule has 0 aliphatic heterocycles. The molecule has 1 amide bonds.